The second-order valence-electron chi connectivity index (χ2n) is 15.9. The summed E-state index contributed by atoms with van der Waals surface area (Å²) in [6.07, 6.45) is 14.3. The van der Waals surface area contributed by atoms with E-state index in [-0.39, 0.29) is 34.5 Å². The van der Waals surface area contributed by atoms with E-state index in [0.717, 1.165) is 68.2 Å². The van der Waals surface area contributed by atoms with Crippen LogP contribution in [0.25, 0.3) is 0 Å². The van der Waals surface area contributed by atoms with Crippen LogP contribution in [0.15, 0.2) is 0 Å². The lowest BCUT2D eigenvalue weighted by atomic mass is 9.49. The molecule has 206 valence electrons. The largest absolute Gasteiger partial charge is 0.462 e. The fourth-order valence-corrected chi connectivity index (χ4v) is 13.1. The average molecular weight is 510 g/mol. The van der Waals surface area contributed by atoms with Crippen molar-refractivity contribution >= 4 is 11.8 Å². The number of ether oxygens (including phenoxy) is 1. The van der Waals surface area contributed by atoms with Gasteiger partial charge in [-0.2, -0.15) is 0 Å². The van der Waals surface area contributed by atoms with Crippen LogP contribution in [0.3, 0.4) is 0 Å². The molecule has 6 aliphatic carbocycles. The van der Waals surface area contributed by atoms with Gasteiger partial charge in [0.25, 0.3) is 0 Å². The van der Waals surface area contributed by atoms with E-state index in [0.29, 0.717) is 23.5 Å². The van der Waals surface area contributed by atoms with Gasteiger partial charge in [-0.1, -0.05) is 13.8 Å². The van der Waals surface area contributed by atoms with Crippen LogP contribution < -0.4 is 0 Å². The van der Waals surface area contributed by atoms with E-state index in [1.807, 2.05) is 0 Å². The van der Waals surface area contributed by atoms with Gasteiger partial charge in [0.05, 0.1) is 11.5 Å². The number of esters is 1. The molecule has 8 fully saturated rings. The fraction of sp³-hybridized carbons (Fsp3) is 0.939. The molecule has 4 bridgehead atoms. The smallest absolute Gasteiger partial charge is 0.312 e. The Morgan fingerprint density at radius 2 is 1.59 bits per heavy atom. The van der Waals surface area contributed by atoms with Gasteiger partial charge in [0.1, 0.15) is 11.9 Å². The van der Waals surface area contributed by atoms with E-state index in [4.69, 9.17) is 4.74 Å². The van der Waals surface area contributed by atoms with Gasteiger partial charge < -0.3 is 4.74 Å². The van der Waals surface area contributed by atoms with Gasteiger partial charge in [-0.05, 0) is 145 Å². The highest BCUT2D eigenvalue weighted by Crippen LogP contribution is 2.66. The molecular weight excluding hydrogens is 458 g/mol. The maximum atomic E-state index is 13.9. The van der Waals surface area contributed by atoms with Gasteiger partial charge in [0.2, 0.25) is 0 Å². The van der Waals surface area contributed by atoms with Gasteiger partial charge in [-0.15, -0.1) is 0 Å². The number of hydrogen-bond donors (Lipinski definition) is 0. The number of nitrogens with zero attached hydrogens (tertiary/aromatic N) is 1. The molecule has 8 rings (SSSR count). The average Bonchev–Trinajstić information content (AvgIpc) is 3.11. The first-order valence-electron chi connectivity index (χ1n) is 16.0. The molecular formula is C33H51NO3. The molecule has 9 atom stereocenters. The maximum absolute atomic E-state index is 13.9. The summed E-state index contributed by atoms with van der Waals surface area (Å²) in [5.41, 5.74) is 0.283. The highest BCUT2D eigenvalue weighted by atomic mass is 16.5. The first-order valence-corrected chi connectivity index (χ1v) is 16.0. The Bertz CT molecular complexity index is 939. The quantitative estimate of drug-likeness (QED) is 0.399. The van der Waals surface area contributed by atoms with E-state index in [1.54, 1.807) is 0 Å². The number of carbonyl (C=O) groups is 2. The summed E-state index contributed by atoms with van der Waals surface area (Å²) in [6, 6.07) is 0.0901. The van der Waals surface area contributed by atoms with Crippen molar-refractivity contribution in [1.82, 2.24) is 4.90 Å². The van der Waals surface area contributed by atoms with E-state index >= 15 is 0 Å². The summed E-state index contributed by atoms with van der Waals surface area (Å²) < 4.78 is 6.59. The van der Waals surface area contributed by atoms with Crippen LogP contribution in [0.2, 0.25) is 0 Å². The van der Waals surface area contributed by atoms with Crippen LogP contribution in [0.4, 0.5) is 0 Å². The van der Waals surface area contributed by atoms with Crippen LogP contribution in [-0.2, 0) is 14.3 Å². The topological polar surface area (TPSA) is 46.6 Å². The Labute approximate surface area is 225 Å². The number of ketones is 1. The van der Waals surface area contributed by atoms with Gasteiger partial charge in [-0.3, -0.25) is 14.5 Å². The number of Topliss-reactive ketones (excluding diaryl/α,β-unsaturated/α-hetero) is 1. The highest BCUT2D eigenvalue weighted by Gasteiger charge is 2.64. The molecule has 8 aliphatic rings. The van der Waals surface area contributed by atoms with Crippen molar-refractivity contribution in [2.45, 2.75) is 129 Å². The van der Waals surface area contributed by atoms with Crippen molar-refractivity contribution in [3.05, 3.63) is 0 Å². The molecule has 37 heavy (non-hydrogen) atoms. The Morgan fingerprint density at radius 3 is 2.24 bits per heavy atom. The predicted molar refractivity (Wildman–Crippen MR) is 145 cm³/mol. The van der Waals surface area contributed by atoms with Crippen LogP contribution in [-0.4, -0.2) is 40.9 Å². The predicted octanol–water partition coefficient (Wildman–Crippen LogP) is 6.66. The normalized spacial score (nSPS) is 55.4. The third-order valence-electron chi connectivity index (χ3n) is 14.1. The van der Waals surface area contributed by atoms with Crippen molar-refractivity contribution < 1.29 is 14.3 Å². The molecule has 0 amide bonds. The highest BCUT2D eigenvalue weighted by molar-refractivity contribution is 5.84. The third kappa shape index (κ3) is 3.48. The van der Waals surface area contributed by atoms with Gasteiger partial charge in [0, 0.05) is 17.9 Å². The Morgan fingerprint density at radius 1 is 0.946 bits per heavy atom. The molecule has 6 saturated carbocycles. The van der Waals surface area contributed by atoms with E-state index in [9.17, 15) is 9.59 Å². The third-order valence-corrected chi connectivity index (χ3v) is 14.1. The minimum Gasteiger partial charge on any atom is -0.462 e. The number of carbonyl (C=O) groups excluding carboxylic acids is 2. The number of fused-ring (bicyclic) bond motifs is 5. The molecule has 3 unspecified atom stereocenters. The summed E-state index contributed by atoms with van der Waals surface area (Å²) in [4.78, 5) is 29.0. The van der Waals surface area contributed by atoms with Crippen LogP contribution in [0.1, 0.15) is 112 Å². The number of rotatable bonds is 3. The lowest BCUT2D eigenvalue weighted by molar-refractivity contribution is -0.184. The van der Waals surface area contributed by atoms with Gasteiger partial charge in [0.15, 0.2) is 0 Å². The van der Waals surface area contributed by atoms with Crippen molar-refractivity contribution in [2.24, 2.45) is 58.2 Å². The van der Waals surface area contributed by atoms with E-state index in [2.05, 4.69) is 39.5 Å². The Hall–Kier alpha value is -0.900. The number of hydrogen-bond acceptors (Lipinski definition) is 4. The van der Waals surface area contributed by atoms with E-state index < -0.39 is 0 Å². The maximum Gasteiger partial charge on any atom is 0.312 e. The number of piperidine rings is 2. The van der Waals surface area contributed by atoms with Crippen LogP contribution >= 0.6 is 0 Å². The van der Waals surface area contributed by atoms with Crippen LogP contribution in [0.5, 0.6) is 0 Å². The summed E-state index contributed by atoms with van der Waals surface area (Å²) >= 11 is 0. The molecule has 0 radical (unpaired) electrons. The monoisotopic (exact) mass is 509 g/mol. The minimum absolute atomic E-state index is 0.0186. The zero-order valence-corrected chi connectivity index (χ0v) is 24.1. The Balaban J connectivity index is 1.09. The molecule has 2 heterocycles. The summed E-state index contributed by atoms with van der Waals surface area (Å²) in [7, 11) is 0. The molecule has 0 N–H and O–H groups in total. The second-order valence-corrected chi connectivity index (χ2v) is 15.9. The molecule has 0 aromatic rings. The van der Waals surface area contributed by atoms with Crippen molar-refractivity contribution in [2.75, 3.05) is 6.54 Å². The van der Waals surface area contributed by atoms with Crippen LogP contribution in [0, 0.1) is 58.2 Å². The van der Waals surface area contributed by atoms with Gasteiger partial charge >= 0.3 is 5.97 Å². The molecule has 0 aromatic carbocycles. The summed E-state index contributed by atoms with van der Waals surface area (Å²) in [5.74, 6) is 6.20. The molecule has 4 heteroatoms. The zero-order chi connectivity index (χ0) is 25.9. The SMILES string of the molecule is CC1C[C@H]2[C@@H]3CCN4C(C)C(=O)CC[C@]4(C)[C@H]3CC[C@]2(C)[C@H]1C(C)OC(=O)C12CC3CC(CC(C3)C1)C2. The lowest BCUT2D eigenvalue weighted by Crippen LogP contribution is -2.67. The molecule has 4 nitrogen and oxygen atoms in total. The van der Waals surface area contributed by atoms with Gasteiger partial charge in [-0.25, -0.2) is 0 Å². The molecule has 0 spiro atoms. The summed E-state index contributed by atoms with van der Waals surface area (Å²) in [5, 5.41) is 0. The molecule has 2 aliphatic heterocycles. The zero-order valence-electron chi connectivity index (χ0n) is 24.1. The lowest BCUT2D eigenvalue weighted by Gasteiger charge is -2.62. The van der Waals surface area contributed by atoms with Crippen molar-refractivity contribution in [3.63, 3.8) is 0 Å². The van der Waals surface area contributed by atoms with E-state index in [1.165, 1.54) is 44.9 Å². The second kappa shape index (κ2) is 8.31. The standard InChI is InChI=1S/C33H51NO3/c1-19-12-27-25-8-11-34-20(2)28(35)7-10-32(34,5)26(25)6-9-31(27,4)29(19)21(3)37-30(36)33-16-22-13-23(17-33)15-24(14-22)18-33/h19-27,29H,6-18H2,1-5H3/t19?,20?,21?,22?,23?,24?,25-,26+,27+,29-,31+,32-,33?/m1/s1. The first kappa shape index (κ1) is 25.1. The Kier molecular flexibility index (Phi) is 5.63. The summed E-state index contributed by atoms with van der Waals surface area (Å²) in [6.45, 7) is 13.0. The fourth-order valence-electron chi connectivity index (χ4n) is 13.1. The molecule has 0 aromatic heterocycles. The minimum atomic E-state index is -0.153. The molecule has 2 saturated heterocycles. The first-order chi connectivity index (χ1) is 17.5. The van der Waals surface area contributed by atoms with Crippen molar-refractivity contribution in [3.8, 4) is 0 Å². The van der Waals surface area contributed by atoms with Crippen molar-refractivity contribution in [1.29, 1.82) is 0 Å².